The zero-order chi connectivity index (χ0) is 17.9. The monoisotopic (exact) mass is 356 g/mol. The van der Waals surface area contributed by atoms with E-state index in [1.807, 2.05) is 6.20 Å². The summed E-state index contributed by atoms with van der Waals surface area (Å²) in [7, 11) is 0. The topological polar surface area (TPSA) is 58.7 Å². The molecule has 1 fully saturated rings. The molecular formula is C18H21FN6O. The fourth-order valence-corrected chi connectivity index (χ4v) is 3.28. The number of nitrogens with zero attached hydrogens (tertiary/aromatic N) is 6. The minimum Gasteiger partial charge on any atom is -0.304 e. The second kappa shape index (κ2) is 7.35. The fourth-order valence-electron chi connectivity index (χ4n) is 3.28. The first-order valence-corrected chi connectivity index (χ1v) is 8.77. The number of hydrogen-bond acceptors (Lipinski definition) is 5. The van der Waals surface area contributed by atoms with E-state index in [4.69, 9.17) is 0 Å². The summed E-state index contributed by atoms with van der Waals surface area (Å²) in [6.07, 6.45) is 4.97. The predicted octanol–water partition coefficient (Wildman–Crippen LogP) is 0.848. The SMILES string of the molecule is O=c1cccnn1CCN1CCN(Cc2cn3cc(F)ccc3n2)CC1. The molecule has 0 radical (unpaired) electrons. The maximum atomic E-state index is 13.3. The van der Waals surface area contributed by atoms with E-state index >= 15 is 0 Å². The van der Waals surface area contributed by atoms with E-state index in [1.165, 1.54) is 23.0 Å². The Labute approximate surface area is 150 Å². The largest absolute Gasteiger partial charge is 0.304 e. The summed E-state index contributed by atoms with van der Waals surface area (Å²) >= 11 is 0. The van der Waals surface area contributed by atoms with Gasteiger partial charge in [-0.3, -0.25) is 14.6 Å². The maximum Gasteiger partial charge on any atom is 0.266 e. The van der Waals surface area contributed by atoms with E-state index in [9.17, 15) is 9.18 Å². The lowest BCUT2D eigenvalue weighted by Gasteiger charge is -2.34. The lowest BCUT2D eigenvalue weighted by Crippen LogP contribution is -2.47. The number of halogens is 1. The average Bonchev–Trinajstić information content (AvgIpc) is 3.03. The van der Waals surface area contributed by atoms with Gasteiger partial charge in [-0.25, -0.2) is 14.1 Å². The molecule has 0 amide bonds. The van der Waals surface area contributed by atoms with Gasteiger partial charge in [-0.05, 0) is 18.2 Å². The summed E-state index contributed by atoms with van der Waals surface area (Å²) in [6.45, 7) is 5.97. The van der Waals surface area contributed by atoms with Crippen LogP contribution in [0.1, 0.15) is 5.69 Å². The van der Waals surface area contributed by atoms with Crippen molar-refractivity contribution in [1.82, 2.24) is 29.0 Å². The van der Waals surface area contributed by atoms with E-state index in [1.54, 1.807) is 22.7 Å². The Morgan fingerprint density at radius 2 is 1.81 bits per heavy atom. The van der Waals surface area contributed by atoms with Gasteiger partial charge in [0.05, 0.1) is 12.2 Å². The van der Waals surface area contributed by atoms with Crippen LogP contribution in [0, 0.1) is 5.82 Å². The molecule has 7 nitrogen and oxygen atoms in total. The Balaban J connectivity index is 1.29. The van der Waals surface area contributed by atoms with Crippen molar-refractivity contribution in [3.63, 3.8) is 0 Å². The van der Waals surface area contributed by atoms with Crippen molar-refractivity contribution in [1.29, 1.82) is 0 Å². The Morgan fingerprint density at radius 1 is 1.00 bits per heavy atom. The Kier molecular flexibility index (Phi) is 4.77. The number of imidazole rings is 1. The van der Waals surface area contributed by atoms with E-state index in [0.717, 1.165) is 50.6 Å². The summed E-state index contributed by atoms with van der Waals surface area (Å²) < 4.78 is 16.5. The molecule has 4 rings (SSSR count). The van der Waals surface area contributed by atoms with Gasteiger partial charge in [0.15, 0.2) is 0 Å². The quantitative estimate of drug-likeness (QED) is 0.678. The highest BCUT2D eigenvalue weighted by Gasteiger charge is 2.18. The van der Waals surface area contributed by atoms with Crippen LogP contribution < -0.4 is 5.56 Å². The van der Waals surface area contributed by atoms with E-state index < -0.39 is 0 Å². The molecule has 0 N–H and O–H groups in total. The van der Waals surface area contributed by atoms with Crippen LogP contribution in [-0.2, 0) is 13.1 Å². The number of rotatable bonds is 5. The van der Waals surface area contributed by atoms with Gasteiger partial charge in [0.25, 0.3) is 5.56 Å². The zero-order valence-corrected chi connectivity index (χ0v) is 14.5. The third-order valence-corrected chi connectivity index (χ3v) is 4.73. The highest BCUT2D eigenvalue weighted by Crippen LogP contribution is 2.11. The minimum absolute atomic E-state index is 0.0607. The lowest BCUT2D eigenvalue weighted by molar-refractivity contribution is 0.122. The summed E-state index contributed by atoms with van der Waals surface area (Å²) in [5.41, 5.74) is 1.65. The molecule has 8 heteroatoms. The molecule has 3 aromatic rings. The van der Waals surface area contributed by atoms with E-state index in [0.29, 0.717) is 6.54 Å². The van der Waals surface area contributed by atoms with E-state index in [2.05, 4.69) is 19.9 Å². The van der Waals surface area contributed by atoms with Crippen molar-refractivity contribution in [2.75, 3.05) is 32.7 Å². The minimum atomic E-state index is -0.262. The number of aromatic nitrogens is 4. The smallest absolute Gasteiger partial charge is 0.266 e. The predicted molar refractivity (Wildman–Crippen MR) is 95.4 cm³/mol. The van der Waals surface area contributed by atoms with Gasteiger partial charge in [-0.2, -0.15) is 5.10 Å². The molecule has 26 heavy (non-hydrogen) atoms. The first-order valence-electron chi connectivity index (χ1n) is 8.77. The molecule has 0 spiro atoms. The van der Waals surface area contributed by atoms with Gasteiger partial charge >= 0.3 is 0 Å². The third kappa shape index (κ3) is 3.81. The Bertz CT molecular complexity index is 944. The van der Waals surface area contributed by atoms with Crippen LogP contribution in [0.25, 0.3) is 5.65 Å². The lowest BCUT2D eigenvalue weighted by atomic mass is 10.3. The second-order valence-corrected chi connectivity index (χ2v) is 6.55. The van der Waals surface area contributed by atoms with Crippen LogP contribution in [0.4, 0.5) is 4.39 Å². The van der Waals surface area contributed by atoms with Crippen molar-refractivity contribution in [2.24, 2.45) is 0 Å². The van der Waals surface area contributed by atoms with Gasteiger partial charge in [0.1, 0.15) is 11.5 Å². The van der Waals surface area contributed by atoms with Crippen molar-refractivity contribution in [2.45, 2.75) is 13.1 Å². The molecule has 0 saturated carbocycles. The number of pyridine rings is 1. The molecule has 0 atom stereocenters. The standard InChI is InChI=1S/C18H21FN6O/c19-15-3-4-17-21-16(14-24(17)12-15)13-23-8-6-22(7-9-23)10-11-25-18(26)2-1-5-20-25/h1-5,12,14H,6-11,13H2. The number of hydrogen-bond donors (Lipinski definition) is 0. The Morgan fingerprint density at radius 3 is 2.62 bits per heavy atom. The first-order chi connectivity index (χ1) is 12.7. The highest BCUT2D eigenvalue weighted by molar-refractivity contribution is 5.39. The number of piperazine rings is 1. The molecule has 0 unspecified atom stereocenters. The van der Waals surface area contributed by atoms with Crippen molar-refractivity contribution < 1.29 is 4.39 Å². The summed E-state index contributed by atoms with van der Waals surface area (Å²) in [6, 6.07) is 6.31. The molecule has 0 bridgehead atoms. The Hall–Kier alpha value is -2.58. The highest BCUT2D eigenvalue weighted by atomic mass is 19.1. The molecule has 0 aromatic carbocycles. The molecule has 0 aliphatic carbocycles. The number of fused-ring (bicyclic) bond motifs is 1. The normalized spacial score (nSPS) is 16.3. The van der Waals surface area contributed by atoms with Crippen molar-refractivity contribution in [3.8, 4) is 0 Å². The summed E-state index contributed by atoms with van der Waals surface area (Å²) in [4.78, 5) is 20.9. The molecule has 3 aromatic heterocycles. The fraction of sp³-hybridized carbons (Fsp3) is 0.389. The maximum absolute atomic E-state index is 13.3. The van der Waals surface area contributed by atoms with Crippen LogP contribution >= 0.6 is 0 Å². The third-order valence-electron chi connectivity index (χ3n) is 4.73. The van der Waals surface area contributed by atoms with Gasteiger partial charge < -0.3 is 4.40 Å². The van der Waals surface area contributed by atoms with Crippen LogP contribution in [0.2, 0.25) is 0 Å². The molecule has 4 heterocycles. The molecule has 1 aliphatic rings. The van der Waals surface area contributed by atoms with Gasteiger partial charge in [-0.15, -0.1) is 0 Å². The molecule has 1 saturated heterocycles. The zero-order valence-electron chi connectivity index (χ0n) is 14.5. The average molecular weight is 356 g/mol. The van der Waals surface area contributed by atoms with Crippen LogP contribution in [0.5, 0.6) is 0 Å². The van der Waals surface area contributed by atoms with Gasteiger partial charge in [0, 0.05) is 63.9 Å². The second-order valence-electron chi connectivity index (χ2n) is 6.55. The van der Waals surface area contributed by atoms with Gasteiger partial charge in [0.2, 0.25) is 0 Å². The van der Waals surface area contributed by atoms with Crippen LogP contribution in [-0.4, -0.2) is 61.7 Å². The summed E-state index contributed by atoms with van der Waals surface area (Å²) in [5, 5.41) is 4.09. The van der Waals surface area contributed by atoms with Gasteiger partial charge in [-0.1, -0.05) is 0 Å². The molecular weight excluding hydrogens is 335 g/mol. The van der Waals surface area contributed by atoms with Crippen LogP contribution in [0.15, 0.2) is 47.7 Å². The summed E-state index contributed by atoms with van der Waals surface area (Å²) in [5.74, 6) is -0.262. The molecule has 136 valence electrons. The van der Waals surface area contributed by atoms with Crippen molar-refractivity contribution in [3.05, 3.63) is 64.7 Å². The molecule has 1 aliphatic heterocycles. The van der Waals surface area contributed by atoms with Crippen LogP contribution in [0.3, 0.4) is 0 Å². The van der Waals surface area contributed by atoms with Crippen molar-refractivity contribution >= 4 is 5.65 Å². The van der Waals surface area contributed by atoms with E-state index in [-0.39, 0.29) is 11.4 Å². The first kappa shape index (κ1) is 16.9.